The summed E-state index contributed by atoms with van der Waals surface area (Å²) in [5.41, 5.74) is 0. The highest BCUT2D eigenvalue weighted by molar-refractivity contribution is 5.77. The lowest BCUT2D eigenvalue weighted by Crippen LogP contribution is -2.48. The first kappa shape index (κ1) is 15.4. The molecule has 96 valence electrons. The van der Waals surface area contributed by atoms with Gasteiger partial charge in [-0.2, -0.15) is 0 Å². The van der Waals surface area contributed by atoms with Crippen molar-refractivity contribution in [1.29, 1.82) is 0 Å². The summed E-state index contributed by atoms with van der Waals surface area (Å²) in [6, 6.07) is 0.274. The van der Waals surface area contributed by atoms with E-state index in [-0.39, 0.29) is 17.9 Å². The zero-order valence-electron chi connectivity index (χ0n) is 11.0. The number of amides is 1. The van der Waals surface area contributed by atoms with E-state index in [1.165, 1.54) is 6.42 Å². The van der Waals surface area contributed by atoms with Crippen molar-refractivity contribution in [2.45, 2.75) is 40.2 Å². The Labute approximate surface area is 99.1 Å². The lowest BCUT2D eigenvalue weighted by molar-refractivity contribution is -0.124. The van der Waals surface area contributed by atoms with Gasteiger partial charge in [-0.15, -0.1) is 0 Å². The third-order valence-corrected chi connectivity index (χ3v) is 2.05. The molecule has 1 atom stereocenters. The molecule has 1 rings (SSSR count). The van der Waals surface area contributed by atoms with Crippen LogP contribution in [0.5, 0.6) is 0 Å². The summed E-state index contributed by atoms with van der Waals surface area (Å²) in [5, 5.41) is 6.14. The maximum Gasteiger partial charge on any atom is 0.222 e. The molecule has 4 nitrogen and oxygen atoms in total. The smallest absolute Gasteiger partial charge is 0.222 e. The van der Waals surface area contributed by atoms with Crippen LogP contribution in [0.4, 0.5) is 0 Å². The first-order valence-corrected chi connectivity index (χ1v) is 6.20. The number of hydrogen-bond donors (Lipinski definition) is 2. The molecule has 1 aliphatic rings. The second-order valence-corrected chi connectivity index (χ2v) is 4.33. The van der Waals surface area contributed by atoms with Crippen LogP contribution in [0.3, 0.4) is 0 Å². The molecular formula is C12H26N2O2. The lowest BCUT2D eigenvalue weighted by Gasteiger charge is -2.24. The van der Waals surface area contributed by atoms with E-state index in [9.17, 15) is 4.79 Å². The maximum absolute atomic E-state index is 11.2. The Bertz CT molecular complexity index is 178. The predicted octanol–water partition coefficient (Wildman–Crippen LogP) is 1.16. The van der Waals surface area contributed by atoms with Crippen LogP contribution in [0.15, 0.2) is 0 Å². The molecule has 0 aromatic heterocycles. The van der Waals surface area contributed by atoms with Crippen LogP contribution in [-0.2, 0) is 9.53 Å². The molecule has 1 amide bonds. The SMILES string of the molecule is CC(C)C(=O)NCC1COCCN1.CCC. The van der Waals surface area contributed by atoms with Crippen molar-refractivity contribution in [3.63, 3.8) is 0 Å². The third kappa shape index (κ3) is 7.65. The quantitative estimate of drug-likeness (QED) is 0.765. The van der Waals surface area contributed by atoms with Crippen molar-refractivity contribution in [2.75, 3.05) is 26.3 Å². The summed E-state index contributed by atoms with van der Waals surface area (Å²) >= 11 is 0. The van der Waals surface area contributed by atoms with E-state index >= 15 is 0 Å². The fourth-order valence-electron chi connectivity index (χ4n) is 1.18. The fraction of sp³-hybridized carbons (Fsp3) is 0.917. The van der Waals surface area contributed by atoms with Gasteiger partial charge in [-0.3, -0.25) is 4.79 Å². The number of rotatable bonds is 3. The molecule has 1 unspecified atom stereocenters. The minimum atomic E-state index is 0.0597. The van der Waals surface area contributed by atoms with Gasteiger partial charge in [0.05, 0.1) is 13.2 Å². The first-order valence-electron chi connectivity index (χ1n) is 6.20. The number of ether oxygens (including phenoxy) is 1. The molecule has 1 saturated heterocycles. The van der Waals surface area contributed by atoms with Gasteiger partial charge < -0.3 is 15.4 Å². The Hall–Kier alpha value is -0.610. The summed E-state index contributed by atoms with van der Waals surface area (Å²) in [4.78, 5) is 11.2. The highest BCUT2D eigenvalue weighted by atomic mass is 16.5. The van der Waals surface area contributed by atoms with Gasteiger partial charge >= 0.3 is 0 Å². The molecule has 0 aromatic carbocycles. The zero-order chi connectivity index (χ0) is 12.4. The van der Waals surface area contributed by atoms with E-state index < -0.39 is 0 Å². The van der Waals surface area contributed by atoms with Crippen molar-refractivity contribution < 1.29 is 9.53 Å². The second kappa shape index (κ2) is 9.60. The zero-order valence-corrected chi connectivity index (χ0v) is 11.0. The van der Waals surface area contributed by atoms with Crippen LogP contribution in [0.2, 0.25) is 0 Å². The van der Waals surface area contributed by atoms with Crippen molar-refractivity contribution in [3.8, 4) is 0 Å². The van der Waals surface area contributed by atoms with E-state index in [2.05, 4.69) is 24.5 Å². The minimum absolute atomic E-state index is 0.0597. The molecule has 2 N–H and O–H groups in total. The second-order valence-electron chi connectivity index (χ2n) is 4.33. The number of carbonyl (C=O) groups is 1. The maximum atomic E-state index is 11.2. The van der Waals surface area contributed by atoms with Crippen LogP contribution in [-0.4, -0.2) is 38.3 Å². The molecule has 0 bridgehead atoms. The highest BCUT2D eigenvalue weighted by Gasteiger charge is 2.14. The highest BCUT2D eigenvalue weighted by Crippen LogP contribution is 1.94. The van der Waals surface area contributed by atoms with Crippen LogP contribution < -0.4 is 10.6 Å². The van der Waals surface area contributed by atoms with Gasteiger partial charge in [0, 0.05) is 25.0 Å². The van der Waals surface area contributed by atoms with Gasteiger partial charge in [0.25, 0.3) is 0 Å². The Morgan fingerprint density at radius 3 is 2.56 bits per heavy atom. The number of carbonyl (C=O) groups excluding carboxylic acids is 1. The van der Waals surface area contributed by atoms with Crippen molar-refractivity contribution >= 4 is 5.91 Å². The molecule has 0 saturated carbocycles. The lowest BCUT2D eigenvalue weighted by atomic mass is 10.2. The van der Waals surface area contributed by atoms with Crippen molar-refractivity contribution in [2.24, 2.45) is 5.92 Å². The molecule has 1 aliphatic heterocycles. The summed E-state index contributed by atoms with van der Waals surface area (Å²) < 4.78 is 5.26. The molecule has 4 heteroatoms. The van der Waals surface area contributed by atoms with Gasteiger partial charge in [0.2, 0.25) is 5.91 Å². The van der Waals surface area contributed by atoms with Crippen LogP contribution in [0, 0.1) is 5.92 Å². The average Bonchev–Trinajstić information content (AvgIpc) is 2.28. The molecule has 0 spiro atoms. The van der Waals surface area contributed by atoms with Gasteiger partial charge in [-0.1, -0.05) is 34.1 Å². The molecule has 1 heterocycles. The van der Waals surface area contributed by atoms with E-state index in [0.29, 0.717) is 13.2 Å². The van der Waals surface area contributed by atoms with Gasteiger partial charge in [0.15, 0.2) is 0 Å². The Kier molecular flexibility index (Phi) is 9.24. The third-order valence-electron chi connectivity index (χ3n) is 2.05. The van der Waals surface area contributed by atoms with E-state index in [1.54, 1.807) is 0 Å². The van der Waals surface area contributed by atoms with Gasteiger partial charge in [-0.25, -0.2) is 0 Å². The fourth-order valence-corrected chi connectivity index (χ4v) is 1.18. The summed E-state index contributed by atoms with van der Waals surface area (Å²) in [7, 11) is 0. The first-order chi connectivity index (χ1) is 7.61. The monoisotopic (exact) mass is 230 g/mol. The molecule has 0 radical (unpaired) electrons. The largest absolute Gasteiger partial charge is 0.378 e. The van der Waals surface area contributed by atoms with Crippen LogP contribution in [0.25, 0.3) is 0 Å². The van der Waals surface area contributed by atoms with Gasteiger partial charge in [-0.05, 0) is 0 Å². The normalized spacial score (nSPS) is 19.9. The Morgan fingerprint density at radius 1 is 1.50 bits per heavy atom. The number of morpholine rings is 1. The average molecular weight is 230 g/mol. The topological polar surface area (TPSA) is 50.4 Å². The van der Waals surface area contributed by atoms with Gasteiger partial charge in [0.1, 0.15) is 0 Å². The summed E-state index contributed by atoms with van der Waals surface area (Å²) in [6.07, 6.45) is 1.25. The van der Waals surface area contributed by atoms with E-state index in [1.807, 2.05) is 13.8 Å². The van der Waals surface area contributed by atoms with E-state index in [4.69, 9.17) is 4.74 Å². The number of nitrogens with one attached hydrogen (secondary N) is 2. The molecule has 1 fully saturated rings. The van der Waals surface area contributed by atoms with Crippen molar-refractivity contribution in [1.82, 2.24) is 10.6 Å². The van der Waals surface area contributed by atoms with Crippen LogP contribution in [0.1, 0.15) is 34.1 Å². The summed E-state index contributed by atoms with van der Waals surface area (Å²) in [6.45, 7) is 11.0. The Balaban J connectivity index is 0.000000673. The molecule has 16 heavy (non-hydrogen) atoms. The minimum Gasteiger partial charge on any atom is -0.378 e. The number of hydrogen-bond acceptors (Lipinski definition) is 3. The summed E-state index contributed by atoms with van der Waals surface area (Å²) in [5.74, 6) is 0.164. The molecule has 0 aliphatic carbocycles. The predicted molar refractivity (Wildman–Crippen MR) is 66.4 cm³/mol. The Morgan fingerprint density at radius 2 is 2.12 bits per heavy atom. The van der Waals surface area contributed by atoms with Crippen molar-refractivity contribution in [3.05, 3.63) is 0 Å². The molecular weight excluding hydrogens is 204 g/mol. The molecule has 0 aromatic rings. The standard InChI is InChI=1S/C9H18N2O2.C3H8/c1-7(2)9(12)11-5-8-6-13-4-3-10-8;1-3-2/h7-8,10H,3-6H2,1-2H3,(H,11,12);3H2,1-2H3. The van der Waals surface area contributed by atoms with E-state index in [0.717, 1.165) is 13.2 Å². The van der Waals surface area contributed by atoms with Crippen LogP contribution >= 0.6 is 0 Å².